The minimum absolute atomic E-state index is 0.220. The second-order valence-corrected chi connectivity index (χ2v) is 3.38. The van der Waals surface area contributed by atoms with Crippen LogP contribution in [0.5, 0.6) is 5.75 Å². The molecule has 0 radical (unpaired) electrons. The quantitative estimate of drug-likeness (QED) is 0.721. The molecule has 0 aromatic heterocycles. The van der Waals surface area contributed by atoms with E-state index in [1.807, 2.05) is 0 Å². The third-order valence-corrected chi connectivity index (χ3v) is 2.29. The smallest absolute Gasteiger partial charge is 0.165 e. The Bertz CT molecular complexity index is 333. The molecule has 0 heterocycles. The zero-order valence-electron chi connectivity index (χ0n) is 7.50. The zero-order chi connectivity index (χ0) is 10.7. The standard InChI is InChI=1S/C9H12ClFN2O/c10-5-1-2-6(11)9(14)8(5)7(13)3-4-12/h1-2,7,14H,3-4,12-13H2/t7-/m0/s1. The first-order chi connectivity index (χ1) is 6.57. The highest BCUT2D eigenvalue weighted by molar-refractivity contribution is 6.31. The largest absolute Gasteiger partial charge is 0.505 e. The molecule has 14 heavy (non-hydrogen) atoms. The fourth-order valence-corrected chi connectivity index (χ4v) is 1.53. The molecule has 5 N–H and O–H groups in total. The fraction of sp³-hybridized carbons (Fsp3) is 0.333. The van der Waals surface area contributed by atoms with Crippen LogP contribution in [-0.2, 0) is 0 Å². The van der Waals surface area contributed by atoms with Gasteiger partial charge in [0.25, 0.3) is 0 Å². The second kappa shape index (κ2) is 4.59. The number of phenols is 1. The lowest BCUT2D eigenvalue weighted by Gasteiger charge is -2.14. The predicted octanol–water partition coefficient (Wildman–Crippen LogP) is 1.53. The van der Waals surface area contributed by atoms with E-state index in [0.717, 1.165) is 6.07 Å². The van der Waals surface area contributed by atoms with Gasteiger partial charge >= 0.3 is 0 Å². The van der Waals surface area contributed by atoms with Gasteiger partial charge in [0, 0.05) is 16.6 Å². The average molecular weight is 219 g/mol. The van der Waals surface area contributed by atoms with E-state index in [1.54, 1.807) is 0 Å². The Labute approximate surface area is 86.5 Å². The molecular weight excluding hydrogens is 207 g/mol. The molecule has 0 unspecified atom stereocenters. The molecule has 1 aromatic carbocycles. The van der Waals surface area contributed by atoms with Gasteiger partial charge in [0.05, 0.1) is 0 Å². The zero-order valence-corrected chi connectivity index (χ0v) is 8.26. The van der Waals surface area contributed by atoms with E-state index in [-0.39, 0.29) is 10.6 Å². The van der Waals surface area contributed by atoms with E-state index in [2.05, 4.69) is 0 Å². The number of phenolic OH excluding ortho intramolecular Hbond substituents is 1. The maximum Gasteiger partial charge on any atom is 0.165 e. The van der Waals surface area contributed by atoms with Gasteiger partial charge in [-0.2, -0.15) is 0 Å². The van der Waals surface area contributed by atoms with E-state index in [9.17, 15) is 9.50 Å². The van der Waals surface area contributed by atoms with Crippen LogP contribution in [0.1, 0.15) is 18.0 Å². The Balaban J connectivity index is 3.11. The number of halogens is 2. The highest BCUT2D eigenvalue weighted by Crippen LogP contribution is 2.33. The molecule has 0 bridgehead atoms. The van der Waals surface area contributed by atoms with Crippen molar-refractivity contribution in [1.82, 2.24) is 0 Å². The topological polar surface area (TPSA) is 72.3 Å². The molecule has 0 saturated heterocycles. The maximum atomic E-state index is 13.0. The number of hydrogen-bond donors (Lipinski definition) is 3. The highest BCUT2D eigenvalue weighted by Gasteiger charge is 2.17. The average Bonchev–Trinajstić information content (AvgIpc) is 2.13. The number of benzene rings is 1. The van der Waals surface area contributed by atoms with E-state index in [4.69, 9.17) is 23.1 Å². The normalized spacial score (nSPS) is 12.9. The number of aromatic hydroxyl groups is 1. The molecule has 0 fully saturated rings. The van der Waals surface area contributed by atoms with Crippen LogP contribution in [0.2, 0.25) is 5.02 Å². The molecule has 1 rings (SSSR count). The van der Waals surface area contributed by atoms with E-state index in [0.29, 0.717) is 13.0 Å². The summed E-state index contributed by atoms with van der Waals surface area (Å²) in [6.45, 7) is 0.355. The lowest BCUT2D eigenvalue weighted by molar-refractivity contribution is 0.419. The van der Waals surface area contributed by atoms with Crippen molar-refractivity contribution in [1.29, 1.82) is 0 Å². The van der Waals surface area contributed by atoms with Crippen LogP contribution in [0.4, 0.5) is 4.39 Å². The van der Waals surface area contributed by atoms with Crippen molar-refractivity contribution in [3.05, 3.63) is 28.5 Å². The Kier molecular flexibility index (Phi) is 3.69. The summed E-state index contributed by atoms with van der Waals surface area (Å²) in [5.41, 5.74) is 11.2. The third-order valence-electron chi connectivity index (χ3n) is 1.96. The summed E-state index contributed by atoms with van der Waals surface area (Å²) in [4.78, 5) is 0. The minimum Gasteiger partial charge on any atom is -0.505 e. The molecule has 0 amide bonds. The number of nitrogens with two attached hydrogens (primary N) is 2. The number of rotatable bonds is 3. The SMILES string of the molecule is NCC[C@H](N)c1c(Cl)ccc(F)c1O. The summed E-state index contributed by atoms with van der Waals surface area (Å²) < 4.78 is 13.0. The van der Waals surface area contributed by atoms with Crippen LogP contribution in [0.3, 0.4) is 0 Å². The van der Waals surface area contributed by atoms with Gasteiger partial charge in [-0.1, -0.05) is 11.6 Å². The summed E-state index contributed by atoms with van der Waals surface area (Å²) in [7, 11) is 0. The molecule has 1 aromatic rings. The van der Waals surface area contributed by atoms with Crippen LogP contribution in [0.15, 0.2) is 12.1 Å². The number of hydrogen-bond acceptors (Lipinski definition) is 3. The van der Waals surface area contributed by atoms with E-state index < -0.39 is 17.6 Å². The van der Waals surface area contributed by atoms with Gasteiger partial charge in [-0.25, -0.2) is 4.39 Å². The van der Waals surface area contributed by atoms with Crippen LogP contribution >= 0.6 is 11.6 Å². The van der Waals surface area contributed by atoms with Crippen LogP contribution < -0.4 is 11.5 Å². The van der Waals surface area contributed by atoms with Crippen LogP contribution in [-0.4, -0.2) is 11.7 Å². The lowest BCUT2D eigenvalue weighted by Crippen LogP contribution is -2.16. The summed E-state index contributed by atoms with van der Waals surface area (Å²) in [6.07, 6.45) is 0.441. The Morgan fingerprint density at radius 1 is 1.50 bits per heavy atom. The second-order valence-electron chi connectivity index (χ2n) is 2.98. The van der Waals surface area contributed by atoms with Gasteiger partial charge in [-0.15, -0.1) is 0 Å². The monoisotopic (exact) mass is 218 g/mol. The van der Waals surface area contributed by atoms with Crippen molar-refractivity contribution in [2.75, 3.05) is 6.54 Å². The van der Waals surface area contributed by atoms with Crippen LogP contribution in [0.25, 0.3) is 0 Å². The summed E-state index contributed by atoms with van der Waals surface area (Å²) >= 11 is 5.78. The van der Waals surface area contributed by atoms with Crippen molar-refractivity contribution >= 4 is 11.6 Å². The third kappa shape index (κ3) is 2.15. The van der Waals surface area contributed by atoms with Crippen molar-refractivity contribution < 1.29 is 9.50 Å². The summed E-state index contributed by atoms with van der Waals surface area (Å²) in [5.74, 6) is -1.21. The Morgan fingerprint density at radius 3 is 2.71 bits per heavy atom. The van der Waals surface area contributed by atoms with E-state index >= 15 is 0 Å². The van der Waals surface area contributed by atoms with Crippen molar-refractivity contribution in [3.63, 3.8) is 0 Å². The van der Waals surface area contributed by atoms with Crippen LogP contribution in [0, 0.1) is 5.82 Å². The Morgan fingerprint density at radius 2 is 2.14 bits per heavy atom. The minimum atomic E-state index is -0.725. The predicted molar refractivity (Wildman–Crippen MR) is 53.7 cm³/mol. The molecule has 1 atom stereocenters. The lowest BCUT2D eigenvalue weighted by atomic mass is 10.0. The first kappa shape index (κ1) is 11.2. The van der Waals surface area contributed by atoms with Gasteiger partial charge in [0.2, 0.25) is 0 Å². The molecule has 3 nitrogen and oxygen atoms in total. The molecule has 78 valence electrons. The first-order valence-electron chi connectivity index (χ1n) is 4.20. The molecule has 0 spiro atoms. The fourth-order valence-electron chi connectivity index (χ4n) is 1.23. The van der Waals surface area contributed by atoms with Gasteiger partial charge < -0.3 is 16.6 Å². The summed E-state index contributed by atoms with van der Waals surface area (Å²) in [5, 5.41) is 9.65. The Hall–Kier alpha value is -0.840. The first-order valence-corrected chi connectivity index (χ1v) is 4.58. The van der Waals surface area contributed by atoms with E-state index in [1.165, 1.54) is 6.07 Å². The molecule has 0 aliphatic heterocycles. The van der Waals surface area contributed by atoms with Crippen molar-refractivity contribution in [2.45, 2.75) is 12.5 Å². The van der Waals surface area contributed by atoms with Crippen molar-refractivity contribution in [2.24, 2.45) is 11.5 Å². The van der Waals surface area contributed by atoms with Gasteiger partial charge in [-0.3, -0.25) is 0 Å². The molecular formula is C9H12ClFN2O. The molecule has 5 heteroatoms. The van der Waals surface area contributed by atoms with Gasteiger partial charge in [0.1, 0.15) is 0 Å². The van der Waals surface area contributed by atoms with Crippen molar-refractivity contribution in [3.8, 4) is 5.75 Å². The molecule has 0 aliphatic carbocycles. The highest BCUT2D eigenvalue weighted by atomic mass is 35.5. The molecule has 0 saturated carbocycles. The summed E-state index contributed by atoms with van der Waals surface area (Å²) in [6, 6.07) is 1.92. The van der Waals surface area contributed by atoms with Gasteiger partial charge in [0.15, 0.2) is 11.6 Å². The van der Waals surface area contributed by atoms with Gasteiger partial charge in [-0.05, 0) is 25.1 Å². The molecule has 0 aliphatic rings. The maximum absolute atomic E-state index is 13.0.